The second kappa shape index (κ2) is 6.15. The highest BCUT2D eigenvalue weighted by Gasteiger charge is 2.37. The summed E-state index contributed by atoms with van der Waals surface area (Å²) in [6.45, 7) is 3.37. The number of ether oxygens (including phenoxy) is 1. The second-order valence-electron chi connectivity index (χ2n) is 6.89. The number of likely N-dealkylation sites (N-methyl/N-ethyl adjacent to an activating group) is 1. The Labute approximate surface area is 146 Å². The van der Waals surface area contributed by atoms with Gasteiger partial charge in [0.15, 0.2) is 0 Å². The topological polar surface area (TPSA) is 67.2 Å². The van der Waals surface area contributed by atoms with Gasteiger partial charge in [0.25, 0.3) is 5.91 Å². The first-order chi connectivity index (χ1) is 12.0. The first-order valence-electron chi connectivity index (χ1n) is 8.65. The Kier molecular flexibility index (Phi) is 3.95. The Balaban J connectivity index is 1.53. The molecule has 7 heteroatoms. The van der Waals surface area contributed by atoms with Crippen molar-refractivity contribution in [1.29, 1.82) is 0 Å². The van der Waals surface area contributed by atoms with Gasteiger partial charge >= 0.3 is 0 Å². The minimum absolute atomic E-state index is 0.00391. The van der Waals surface area contributed by atoms with Crippen LogP contribution in [0, 0.1) is 6.92 Å². The summed E-state index contributed by atoms with van der Waals surface area (Å²) >= 11 is 0. The standard InChI is InChI=1S/C18H22N4O3/c1-12-3-4-16-19-13(10-22(16)9-12)18(24)21-7-5-14-15(6-8-21)25-11-17(23)20(14)2/h3-4,9-10,14-15H,5-8,11H2,1-2H3/t14-,15-/m0/s1. The molecule has 0 saturated carbocycles. The van der Waals surface area contributed by atoms with Crippen molar-refractivity contribution >= 4 is 17.5 Å². The van der Waals surface area contributed by atoms with Crippen LogP contribution in [0.2, 0.25) is 0 Å². The summed E-state index contributed by atoms with van der Waals surface area (Å²) in [4.78, 5) is 32.8. The molecule has 2 fully saturated rings. The van der Waals surface area contributed by atoms with Crippen molar-refractivity contribution in [2.24, 2.45) is 0 Å². The van der Waals surface area contributed by atoms with Gasteiger partial charge in [-0.3, -0.25) is 9.59 Å². The summed E-state index contributed by atoms with van der Waals surface area (Å²) < 4.78 is 7.58. The number of nitrogens with zero attached hydrogens (tertiary/aromatic N) is 4. The van der Waals surface area contributed by atoms with E-state index in [4.69, 9.17) is 4.74 Å². The van der Waals surface area contributed by atoms with Crippen LogP contribution in [0.3, 0.4) is 0 Å². The van der Waals surface area contributed by atoms with E-state index < -0.39 is 0 Å². The zero-order chi connectivity index (χ0) is 17.6. The summed E-state index contributed by atoms with van der Waals surface area (Å²) in [6, 6.07) is 3.94. The maximum Gasteiger partial charge on any atom is 0.274 e. The Morgan fingerprint density at radius 2 is 2.04 bits per heavy atom. The summed E-state index contributed by atoms with van der Waals surface area (Å²) in [7, 11) is 1.82. The lowest BCUT2D eigenvalue weighted by Gasteiger charge is -2.37. The van der Waals surface area contributed by atoms with Crippen LogP contribution in [0.15, 0.2) is 24.5 Å². The van der Waals surface area contributed by atoms with Crippen LogP contribution in [0.5, 0.6) is 0 Å². The van der Waals surface area contributed by atoms with Gasteiger partial charge in [0.1, 0.15) is 17.9 Å². The molecule has 4 rings (SSSR count). The number of aromatic nitrogens is 2. The molecular weight excluding hydrogens is 320 g/mol. The van der Waals surface area contributed by atoms with Crippen molar-refractivity contribution in [2.75, 3.05) is 26.7 Å². The quantitative estimate of drug-likeness (QED) is 0.778. The molecule has 0 N–H and O–H groups in total. The van der Waals surface area contributed by atoms with Crippen LogP contribution in [0.25, 0.3) is 5.65 Å². The number of amides is 2. The highest BCUT2D eigenvalue weighted by atomic mass is 16.5. The van der Waals surface area contributed by atoms with Gasteiger partial charge in [0, 0.05) is 32.5 Å². The van der Waals surface area contributed by atoms with Crippen LogP contribution >= 0.6 is 0 Å². The van der Waals surface area contributed by atoms with Crippen LogP contribution in [-0.4, -0.2) is 69.9 Å². The molecule has 2 aliphatic heterocycles. The van der Waals surface area contributed by atoms with Gasteiger partial charge in [0.2, 0.25) is 5.91 Å². The minimum Gasteiger partial charge on any atom is -0.366 e. The molecule has 0 unspecified atom stereocenters. The van der Waals surface area contributed by atoms with E-state index in [0.717, 1.165) is 24.1 Å². The molecule has 2 amide bonds. The predicted octanol–water partition coefficient (Wildman–Crippen LogP) is 1.10. The van der Waals surface area contributed by atoms with E-state index in [1.54, 1.807) is 11.1 Å². The molecular formula is C18H22N4O3. The van der Waals surface area contributed by atoms with Crippen molar-refractivity contribution in [2.45, 2.75) is 31.9 Å². The normalized spacial score (nSPS) is 24.3. The summed E-state index contributed by atoms with van der Waals surface area (Å²) in [5.74, 6) is -0.0503. The summed E-state index contributed by atoms with van der Waals surface area (Å²) in [5, 5.41) is 0. The van der Waals surface area contributed by atoms with Gasteiger partial charge in [0.05, 0.1) is 12.1 Å². The lowest BCUT2D eigenvalue weighted by atomic mass is 10.0. The molecule has 0 radical (unpaired) electrons. The number of imidazole rings is 1. The molecule has 2 aromatic heterocycles. The third-order valence-electron chi connectivity index (χ3n) is 5.22. The van der Waals surface area contributed by atoms with Crippen molar-refractivity contribution < 1.29 is 14.3 Å². The van der Waals surface area contributed by atoms with Crippen LogP contribution in [0.4, 0.5) is 0 Å². The Morgan fingerprint density at radius 3 is 2.88 bits per heavy atom. The Morgan fingerprint density at radius 1 is 1.24 bits per heavy atom. The number of hydrogen-bond acceptors (Lipinski definition) is 4. The first kappa shape index (κ1) is 16.1. The monoisotopic (exact) mass is 342 g/mol. The predicted molar refractivity (Wildman–Crippen MR) is 91.4 cm³/mol. The van der Waals surface area contributed by atoms with Crippen molar-refractivity contribution in [3.63, 3.8) is 0 Å². The summed E-state index contributed by atoms with van der Waals surface area (Å²) in [5.41, 5.74) is 2.35. The average Bonchev–Trinajstić information content (AvgIpc) is 2.89. The molecule has 4 heterocycles. The molecule has 7 nitrogen and oxygen atoms in total. The highest BCUT2D eigenvalue weighted by molar-refractivity contribution is 5.93. The number of likely N-dealkylation sites (tertiary alicyclic amines) is 1. The summed E-state index contributed by atoms with van der Waals surface area (Å²) in [6.07, 6.45) is 5.22. The van der Waals surface area contributed by atoms with Gasteiger partial charge < -0.3 is 18.9 Å². The smallest absolute Gasteiger partial charge is 0.274 e. The number of rotatable bonds is 1. The lowest BCUT2D eigenvalue weighted by Crippen LogP contribution is -2.52. The molecule has 132 valence electrons. The van der Waals surface area contributed by atoms with E-state index in [-0.39, 0.29) is 30.6 Å². The van der Waals surface area contributed by atoms with E-state index >= 15 is 0 Å². The fraction of sp³-hybridized carbons (Fsp3) is 0.500. The SMILES string of the molecule is Cc1ccc2nc(C(=O)N3CC[C@@H]4OCC(=O)N(C)[C@H]4CC3)cn2c1. The maximum absolute atomic E-state index is 12.9. The zero-order valence-electron chi connectivity index (χ0n) is 14.5. The lowest BCUT2D eigenvalue weighted by molar-refractivity contribution is -0.154. The van der Waals surface area contributed by atoms with Gasteiger partial charge in [-0.1, -0.05) is 6.07 Å². The van der Waals surface area contributed by atoms with Gasteiger partial charge in [-0.15, -0.1) is 0 Å². The molecule has 0 aliphatic carbocycles. The third-order valence-corrected chi connectivity index (χ3v) is 5.22. The first-order valence-corrected chi connectivity index (χ1v) is 8.65. The number of morpholine rings is 1. The van der Waals surface area contributed by atoms with Gasteiger partial charge in [-0.2, -0.15) is 0 Å². The second-order valence-corrected chi connectivity index (χ2v) is 6.89. The van der Waals surface area contributed by atoms with Crippen LogP contribution < -0.4 is 0 Å². The average molecular weight is 342 g/mol. The van der Waals surface area contributed by atoms with E-state index in [0.29, 0.717) is 18.8 Å². The number of aryl methyl sites for hydroxylation is 1. The van der Waals surface area contributed by atoms with Crippen LogP contribution in [0.1, 0.15) is 28.9 Å². The van der Waals surface area contributed by atoms with E-state index in [2.05, 4.69) is 4.98 Å². The third kappa shape index (κ3) is 2.89. The molecule has 25 heavy (non-hydrogen) atoms. The largest absolute Gasteiger partial charge is 0.366 e. The van der Waals surface area contributed by atoms with Gasteiger partial charge in [-0.05, 0) is 31.4 Å². The zero-order valence-corrected chi connectivity index (χ0v) is 14.5. The van der Waals surface area contributed by atoms with E-state index in [1.165, 1.54) is 0 Å². The van der Waals surface area contributed by atoms with Crippen molar-refractivity contribution in [3.05, 3.63) is 35.8 Å². The van der Waals surface area contributed by atoms with Crippen molar-refractivity contribution in [3.8, 4) is 0 Å². The molecule has 0 bridgehead atoms. The van der Waals surface area contributed by atoms with Crippen LogP contribution in [-0.2, 0) is 9.53 Å². The number of fused-ring (bicyclic) bond motifs is 2. The van der Waals surface area contributed by atoms with E-state index in [9.17, 15) is 9.59 Å². The molecule has 2 saturated heterocycles. The van der Waals surface area contributed by atoms with Crippen molar-refractivity contribution in [1.82, 2.24) is 19.2 Å². The molecule has 0 spiro atoms. The van der Waals surface area contributed by atoms with E-state index in [1.807, 2.05) is 41.6 Å². The number of hydrogen-bond donors (Lipinski definition) is 0. The fourth-order valence-corrected chi connectivity index (χ4v) is 3.73. The minimum atomic E-state index is -0.0611. The molecule has 2 aliphatic rings. The maximum atomic E-state index is 12.9. The van der Waals surface area contributed by atoms with Gasteiger partial charge in [-0.25, -0.2) is 4.98 Å². The number of carbonyl (C=O) groups is 2. The number of carbonyl (C=O) groups excluding carboxylic acids is 2. The number of pyridine rings is 1. The Bertz CT molecular complexity index is 831. The highest BCUT2D eigenvalue weighted by Crippen LogP contribution is 2.24. The Hall–Kier alpha value is -2.41. The molecule has 2 atom stereocenters. The molecule has 0 aromatic carbocycles. The molecule has 2 aromatic rings. The fourth-order valence-electron chi connectivity index (χ4n) is 3.73.